The number of benzene rings is 2. The average Bonchev–Trinajstić information content (AvgIpc) is 2.74. The molecule has 0 aliphatic carbocycles. The van der Waals surface area contributed by atoms with E-state index in [9.17, 15) is 4.79 Å². The summed E-state index contributed by atoms with van der Waals surface area (Å²) in [6.45, 7) is 2.16. The lowest BCUT2D eigenvalue weighted by atomic mass is 10.2. The van der Waals surface area contributed by atoms with Crippen molar-refractivity contribution in [1.29, 1.82) is 0 Å². The van der Waals surface area contributed by atoms with Gasteiger partial charge in [0.25, 0.3) is 5.91 Å². The number of carbonyl (C=O) groups is 1. The van der Waals surface area contributed by atoms with Crippen LogP contribution in [0.1, 0.15) is 18.1 Å². The van der Waals surface area contributed by atoms with Crippen LogP contribution in [0.5, 0.6) is 11.5 Å². The summed E-state index contributed by atoms with van der Waals surface area (Å²) in [4.78, 5) is 16.0. The SMILES string of the molecule is CC(Oc1ccc(OCc2ccccc2)cc1)C(=O)NN=Cc1cccnc1. The van der Waals surface area contributed by atoms with Crippen LogP contribution in [0.2, 0.25) is 0 Å². The summed E-state index contributed by atoms with van der Waals surface area (Å²) >= 11 is 0. The predicted octanol–water partition coefficient (Wildman–Crippen LogP) is 3.58. The van der Waals surface area contributed by atoms with Gasteiger partial charge in [0.1, 0.15) is 18.1 Å². The van der Waals surface area contributed by atoms with E-state index in [2.05, 4.69) is 15.5 Å². The van der Waals surface area contributed by atoms with Gasteiger partial charge in [-0.3, -0.25) is 9.78 Å². The Morgan fingerprint density at radius 3 is 2.54 bits per heavy atom. The van der Waals surface area contributed by atoms with Crippen molar-refractivity contribution in [1.82, 2.24) is 10.4 Å². The van der Waals surface area contributed by atoms with Crippen molar-refractivity contribution >= 4 is 12.1 Å². The normalized spacial score (nSPS) is 11.8. The number of hydrogen-bond donors (Lipinski definition) is 1. The van der Waals surface area contributed by atoms with Gasteiger partial charge in [0.2, 0.25) is 0 Å². The van der Waals surface area contributed by atoms with Crippen molar-refractivity contribution in [2.24, 2.45) is 5.10 Å². The molecule has 1 amide bonds. The maximum absolute atomic E-state index is 12.1. The summed E-state index contributed by atoms with van der Waals surface area (Å²) in [6, 6.07) is 20.7. The van der Waals surface area contributed by atoms with Gasteiger partial charge in [-0.2, -0.15) is 5.10 Å². The van der Waals surface area contributed by atoms with Gasteiger partial charge >= 0.3 is 0 Å². The Kier molecular flexibility index (Phi) is 6.73. The van der Waals surface area contributed by atoms with Crippen LogP contribution in [0, 0.1) is 0 Å². The van der Waals surface area contributed by atoms with E-state index in [4.69, 9.17) is 9.47 Å². The molecular formula is C22H21N3O3. The Morgan fingerprint density at radius 2 is 1.82 bits per heavy atom. The standard InChI is InChI=1S/C22H21N3O3/c1-17(22(26)25-24-15-19-8-5-13-23-14-19)28-21-11-9-20(10-12-21)27-16-18-6-3-2-4-7-18/h2-15,17H,16H2,1H3,(H,25,26). The number of amides is 1. The molecule has 1 heterocycles. The molecule has 0 spiro atoms. The molecule has 1 N–H and O–H groups in total. The van der Waals surface area contributed by atoms with Crippen molar-refractivity contribution < 1.29 is 14.3 Å². The van der Waals surface area contributed by atoms with Crippen molar-refractivity contribution in [2.75, 3.05) is 0 Å². The molecular weight excluding hydrogens is 354 g/mol. The summed E-state index contributed by atoms with van der Waals surface area (Å²) in [5, 5.41) is 3.91. The second kappa shape index (κ2) is 9.87. The average molecular weight is 375 g/mol. The molecule has 0 saturated carbocycles. The van der Waals surface area contributed by atoms with E-state index in [1.165, 1.54) is 6.21 Å². The number of hydrogen-bond acceptors (Lipinski definition) is 5. The van der Waals surface area contributed by atoms with E-state index >= 15 is 0 Å². The van der Waals surface area contributed by atoms with Gasteiger partial charge in [-0.1, -0.05) is 36.4 Å². The number of aromatic nitrogens is 1. The second-order valence-electron chi connectivity index (χ2n) is 6.03. The van der Waals surface area contributed by atoms with E-state index in [0.29, 0.717) is 12.4 Å². The fourth-order valence-electron chi connectivity index (χ4n) is 2.33. The summed E-state index contributed by atoms with van der Waals surface area (Å²) in [6.07, 6.45) is 4.15. The lowest BCUT2D eigenvalue weighted by Gasteiger charge is -2.13. The highest BCUT2D eigenvalue weighted by atomic mass is 16.5. The molecule has 0 aliphatic rings. The van der Waals surface area contributed by atoms with E-state index in [1.807, 2.05) is 48.5 Å². The Bertz CT molecular complexity index is 897. The van der Waals surface area contributed by atoms with Crippen LogP contribution in [0.3, 0.4) is 0 Å². The molecule has 142 valence electrons. The molecule has 0 saturated heterocycles. The van der Waals surface area contributed by atoms with Gasteiger partial charge in [0, 0.05) is 18.0 Å². The number of nitrogens with zero attached hydrogens (tertiary/aromatic N) is 2. The molecule has 1 unspecified atom stereocenters. The zero-order valence-corrected chi connectivity index (χ0v) is 15.5. The first-order valence-corrected chi connectivity index (χ1v) is 8.87. The summed E-state index contributed by atoms with van der Waals surface area (Å²) < 4.78 is 11.4. The zero-order chi connectivity index (χ0) is 19.6. The molecule has 1 aromatic heterocycles. The molecule has 0 aliphatic heterocycles. The van der Waals surface area contributed by atoms with Gasteiger partial charge in [-0.05, 0) is 42.8 Å². The maximum Gasteiger partial charge on any atom is 0.280 e. The van der Waals surface area contributed by atoms with Gasteiger partial charge in [0.05, 0.1) is 6.21 Å². The Hall–Kier alpha value is -3.67. The lowest BCUT2D eigenvalue weighted by molar-refractivity contribution is -0.127. The number of pyridine rings is 1. The third-order valence-corrected chi connectivity index (χ3v) is 3.83. The van der Waals surface area contributed by atoms with E-state index in [0.717, 1.165) is 16.9 Å². The fraction of sp³-hybridized carbons (Fsp3) is 0.136. The minimum atomic E-state index is -0.692. The molecule has 6 nitrogen and oxygen atoms in total. The Labute approximate surface area is 163 Å². The number of ether oxygens (including phenoxy) is 2. The molecule has 2 aromatic carbocycles. The van der Waals surface area contributed by atoms with Gasteiger partial charge < -0.3 is 9.47 Å². The van der Waals surface area contributed by atoms with Gasteiger partial charge in [-0.25, -0.2) is 5.43 Å². The quantitative estimate of drug-likeness (QED) is 0.482. The van der Waals surface area contributed by atoms with Crippen LogP contribution >= 0.6 is 0 Å². The Morgan fingerprint density at radius 1 is 1.07 bits per heavy atom. The van der Waals surface area contributed by atoms with Crippen molar-refractivity contribution in [3.8, 4) is 11.5 Å². The third kappa shape index (κ3) is 5.95. The van der Waals surface area contributed by atoms with E-state index < -0.39 is 6.10 Å². The summed E-state index contributed by atoms with van der Waals surface area (Å²) in [5.74, 6) is 0.963. The largest absolute Gasteiger partial charge is 0.489 e. The summed E-state index contributed by atoms with van der Waals surface area (Å²) in [7, 11) is 0. The molecule has 0 radical (unpaired) electrons. The van der Waals surface area contributed by atoms with Gasteiger partial charge in [0.15, 0.2) is 6.10 Å². The third-order valence-electron chi connectivity index (χ3n) is 3.83. The minimum Gasteiger partial charge on any atom is -0.489 e. The predicted molar refractivity (Wildman–Crippen MR) is 107 cm³/mol. The van der Waals surface area contributed by atoms with Crippen LogP contribution in [0.4, 0.5) is 0 Å². The molecule has 1 atom stereocenters. The first-order valence-electron chi connectivity index (χ1n) is 8.87. The van der Waals surface area contributed by atoms with Crippen LogP contribution in [0.15, 0.2) is 84.2 Å². The fourth-order valence-corrected chi connectivity index (χ4v) is 2.33. The number of rotatable bonds is 8. The highest BCUT2D eigenvalue weighted by Crippen LogP contribution is 2.19. The van der Waals surface area contributed by atoms with Gasteiger partial charge in [-0.15, -0.1) is 0 Å². The van der Waals surface area contributed by atoms with Crippen molar-refractivity contribution in [3.63, 3.8) is 0 Å². The molecule has 3 aromatic rings. The highest BCUT2D eigenvalue weighted by Gasteiger charge is 2.13. The zero-order valence-electron chi connectivity index (χ0n) is 15.5. The molecule has 3 rings (SSSR count). The summed E-state index contributed by atoms with van der Waals surface area (Å²) in [5.41, 5.74) is 4.35. The van der Waals surface area contributed by atoms with E-state index in [-0.39, 0.29) is 5.91 Å². The van der Waals surface area contributed by atoms with Crippen LogP contribution in [0.25, 0.3) is 0 Å². The highest BCUT2D eigenvalue weighted by molar-refractivity contribution is 5.84. The Balaban J connectivity index is 1.46. The first kappa shape index (κ1) is 19.1. The molecule has 6 heteroatoms. The van der Waals surface area contributed by atoms with Crippen LogP contribution in [-0.4, -0.2) is 23.2 Å². The number of nitrogens with one attached hydrogen (secondary N) is 1. The molecule has 0 bridgehead atoms. The maximum atomic E-state index is 12.1. The monoisotopic (exact) mass is 375 g/mol. The smallest absolute Gasteiger partial charge is 0.280 e. The minimum absolute atomic E-state index is 0.343. The van der Waals surface area contributed by atoms with Crippen LogP contribution < -0.4 is 14.9 Å². The van der Waals surface area contributed by atoms with Crippen molar-refractivity contribution in [2.45, 2.75) is 19.6 Å². The second-order valence-corrected chi connectivity index (χ2v) is 6.03. The molecule has 0 fully saturated rings. The molecule has 28 heavy (non-hydrogen) atoms. The van der Waals surface area contributed by atoms with Crippen LogP contribution in [-0.2, 0) is 11.4 Å². The number of hydrazone groups is 1. The van der Waals surface area contributed by atoms with Crippen molar-refractivity contribution in [3.05, 3.63) is 90.3 Å². The topological polar surface area (TPSA) is 72.8 Å². The lowest BCUT2D eigenvalue weighted by Crippen LogP contribution is -2.33. The van der Waals surface area contributed by atoms with E-state index in [1.54, 1.807) is 37.5 Å². The number of carbonyl (C=O) groups excluding carboxylic acids is 1. The first-order chi connectivity index (χ1) is 13.7.